The number of benzene rings is 1. The van der Waals surface area contributed by atoms with Crippen LogP contribution in [0.4, 0.5) is 0 Å². The van der Waals surface area contributed by atoms with Gasteiger partial charge < -0.3 is 14.2 Å². The van der Waals surface area contributed by atoms with Crippen molar-refractivity contribution in [3.63, 3.8) is 0 Å². The summed E-state index contributed by atoms with van der Waals surface area (Å²) in [4.78, 5) is 0.125. The molecule has 3 fully saturated rings. The van der Waals surface area contributed by atoms with Gasteiger partial charge in [0.25, 0.3) is 10.1 Å². The van der Waals surface area contributed by atoms with Gasteiger partial charge in [0.2, 0.25) is 0 Å². The lowest BCUT2D eigenvalue weighted by molar-refractivity contribution is -0.133. The molecule has 2 bridgehead atoms. The molecule has 3 saturated heterocycles. The number of rotatable bonds is 3. The van der Waals surface area contributed by atoms with Crippen LogP contribution in [0.3, 0.4) is 0 Å². The van der Waals surface area contributed by atoms with E-state index in [4.69, 9.17) is 18.4 Å². The lowest BCUT2D eigenvalue weighted by atomic mass is 10.1. The maximum Gasteiger partial charge on any atom is 0.297 e. The molecule has 6 nitrogen and oxygen atoms in total. The van der Waals surface area contributed by atoms with Crippen LogP contribution < -0.4 is 0 Å². The molecular formula is C13H14O6S. The van der Waals surface area contributed by atoms with Gasteiger partial charge in [-0.05, 0) is 19.1 Å². The fourth-order valence-corrected chi connectivity index (χ4v) is 3.72. The molecule has 108 valence electrons. The molecule has 0 amide bonds. The summed E-state index contributed by atoms with van der Waals surface area (Å²) in [7, 11) is -3.85. The van der Waals surface area contributed by atoms with Crippen molar-refractivity contribution in [3.05, 3.63) is 29.8 Å². The highest BCUT2D eigenvalue weighted by Gasteiger charge is 2.63. The summed E-state index contributed by atoms with van der Waals surface area (Å²) in [5.41, 5.74) is 0.984. The molecule has 0 saturated carbocycles. The van der Waals surface area contributed by atoms with Gasteiger partial charge in [-0.2, -0.15) is 8.42 Å². The molecule has 0 N–H and O–H groups in total. The zero-order chi connectivity index (χ0) is 13.9. The van der Waals surface area contributed by atoms with Gasteiger partial charge in [-0.1, -0.05) is 17.7 Å². The molecule has 0 radical (unpaired) electrons. The number of fused-ring (bicyclic) bond motifs is 4. The van der Waals surface area contributed by atoms with Crippen LogP contribution >= 0.6 is 0 Å². The summed E-state index contributed by atoms with van der Waals surface area (Å²) in [6.07, 6.45) is -1.84. The summed E-state index contributed by atoms with van der Waals surface area (Å²) in [5, 5.41) is 0. The topological polar surface area (TPSA) is 74.4 Å². The van der Waals surface area contributed by atoms with Crippen LogP contribution in [0.5, 0.6) is 0 Å². The summed E-state index contributed by atoms with van der Waals surface area (Å²) in [6, 6.07) is 6.51. The quantitative estimate of drug-likeness (QED) is 0.462. The van der Waals surface area contributed by atoms with Gasteiger partial charge in [0.05, 0.1) is 11.5 Å². The zero-order valence-corrected chi connectivity index (χ0v) is 11.6. The standard InChI is InChI=1S/C13H14O6S/c1-7-2-4-8(5-3-7)20(14,15)19-12-11-10(18-11)9-6-16-13(12)17-9/h2-5,9-13H,6H2,1H3/t9-,10+,11+,12-,13-/m1/s1/i6+1. The summed E-state index contributed by atoms with van der Waals surface area (Å²) in [6.45, 7) is 2.32. The van der Waals surface area contributed by atoms with E-state index < -0.39 is 22.5 Å². The fourth-order valence-electron chi connectivity index (χ4n) is 2.65. The van der Waals surface area contributed by atoms with Crippen LogP contribution in [0, 0.1) is 6.92 Å². The minimum absolute atomic E-state index is 0.0908. The third kappa shape index (κ3) is 1.97. The predicted octanol–water partition coefficient (Wildman–Crippen LogP) is 0.591. The third-order valence-corrected chi connectivity index (χ3v) is 5.13. The first kappa shape index (κ1) is 12.7. The Kier molecular flexibility index (Phi) is 2.71. The average Bonchev–Trinajstić information content (AvgIpc) is 3.09. The second kappa shape index (κ2) is 4.25. The number of hydrogen-bond acceptors (Lipinski definition) is 6. The summed E-state index contributed by atoms with van der Waals surface area (Å²) in [5.74, 6) is 0. The Morgan fingerprint density at radius 1 is 1.15 bits per heavy atom. The molecule has 7 heteroatoms. The van der Waals surface area contributed by atoms with E-state index in [0.29, 0.717) is 6.61 Å². The number of hydrogen-bond donors (Lipinski definition) is 0. The number of ether oxygens (including phenoxy) is 3. The Balaban J connectivity index is 1.57. The molecule has 0 spiro atoms. The first-order valence-electron chi connectivity index (χ1n) is 6.47. The number of epoxide rings is 1. The molecule has 0 unspecified atom stereocenters. The molecule has 3 aliphatic heterocycles. The van der Waals surface area contributed by atoms with Gasteiger partial charge in [-0.3, -0.25) is 4.18 Å². The fraction of sp³-hybridized carbons (Fsp3) is 0.538. The molecule has 20 heavy (non-hydrogen) atoms. The monoisotopic (exact) mass is 299 g/mol. The van der Waals surface area contributed by atoms with Gasteiger partial charge in [0, 0.05) is 0 Å². The Hall–Kier alpha value is -0.990. The van der Waals surface area contributed by atoms with E-state index in [9.17, 15) is 8.42 Å². The molecule has 1 aromatic rings. The Morgan fingerprint density at radius 3 is 2.65 bits per heavy atom. The van der Waals surface area contributed by atoms with E-state index in [1.165, 1.54) is 12.1 Å². The van der Waals surface area contributed by atoms with Crippen LogP contribution in [-0.4, -0.2) is 45.7 Å². The maximum atomic E-state index is 12.3. The minimum atomic E-state index is -3.85. The smallest absolute Gasteiger partial charge is 0.297 e. The lowest BCUT2D eigenvalue weighted by Crippen LogP contribution is -2.42. The van der Waals surface area contributed by atoms with Crippen molar-refractivity contribution < 1.29 is 26.8 Å². The summed E-state index contributed by atoms with van der Waals surface area (Å²) >= 11 is 0. The van der Waals surface area contributed by atoms with Crippen LogP contribution in [0.2, 0.25) is 0 Å². The van der Waals surface area contributed by atoms with Crippen molar-refractivity contribution >= 4 is 10.1 Å². The zero-order valence-electron chi connectivity index (χ0n) is 10.8. The van der Waals surface area contributed by atoms with Gasteiger partial charge in [0.1, 0.15) is 18.3 Å². The van der Waals surface area contributed by atoms with Crippen molar-refractivity contribution in [2.45, 2.75) is 42.5 Å². The van der Waals surface area contributed by atoms with Gasteiger partial charge >= 0.3 is 0 Å². The molecule has 5 atom stereocenters. The van der Waals surface area contributed by atoms with Crippen LogP contribution in [0.15, 0.2) is 29.2 Å². The van der Waals surface area contributed by atoms with E-state index in [-0.39, 0.29) is 23.2 Å². The largest absolute Gasteiger partial charge is 0.364 e. The van der Waals surface area contributed by atoms with Gasteiger partial charge in [-0.15, -0.1) is 0 Å². The van der Waals surface area contributed by atoms with Crippen LogP contribution in [-0.2, 0) is 28.5 Å². The predicted molar refractivity (Wildman–Crippen MR) is 66.5 cm³/mol. The van der Waals surface area contributed by atoms with Gasteiger partial charge in [0.15, 0.2) is 12.4 Å². The first-order valence-corrected chi connectivity index (χ1v) is 7.88. The Morgan fingerprint density at radius 2 is 1.90 bits per heavy atom. The molecule has 4 rings (SSSR count). The van der Waals surface area contributed by atoms with Gasteiger partial charge in [-0.25, -0.2) is 0 Å². The molecule has 0 aliphatic carbocycles. The second-order valence-corrected chi connectivity index (χ2v) is 6.84. The van der Waals surface area contributed by atoms with Crippen LogP contribution in [0.1, 0.15) is 5.56 Å². The highest BCUT2D eigenvalue weighted by atomic mass is 32.2. The van der Waals surface area contributed by atoms with Crippen molar-refractivity contribution in [1.82, 2.24) is 0 Å². The second-order valence-electron chi connectivity index (χ2n) is 5.27. The summed E-state index contributed by atoms with van der Waals surface area (Å²) < 4.78 is 46.2. The van der Waals surface area contributed by atoms with Crippen molar-refractivity contribution in [2.24, 2.45) is 0 Å². The van der Waals surface area contributed by atoms with E-state index >= 15 is 0 Å². The molecular weight excluding hydrogens is 285 g/mol. The normalized spacial score (nSPS) is 38.5. The van der Waals surface area contributed by atoms with E-state index in [1.54, 1.807) is 12.1 Å². The SMILES string of the molecule is Cc1ccc(S(=O)(=O)O[C@H]2[C@@H]3O[13CH2][C@@H](O3)[C@@H]3O[C@@H]32)cc1. The maximum absolute atomic E-state index is 12.3. The van der Waals surface area contributed by atoms with Crippen LogP contribution in [0.25, 0.3) is 0 Å². The number of aryl methyl sites for hydroxylation is 1. The Bertz CT molecular complexity index is 625. The highest BCUT2D eigenvalue weighted by molar-refractivity contribution is 7.86. The van der Waals surface area contributed by atoms with Crippen molar-refractivity contribution in [2.75, 3.05) is 6.61 Å². The minimum Gasteiger partial charge on any atom is -0.364 e. The highest BCUT2D eigenvalue weighted by Crippen LogP contribution is 2.43. The average molecular weight is 299 g/mol. The Labute approximate surface area is 116 Å². The van der Waals surface area contributed by atoms with E-state index in [2.05, 4.69) is 0 Å². The molecule has 0 aromatic heterocycles. The molecule has 3 aliphatic rings. The third-order valence-electron chi connectivity index (χ3n) is 3.80. The lowest BCUT2D eigenvalue weighted by Gasteiger charge is -2.23. The first-order chi connectivity index (χ1) is 9.54. The molecule has 3 heterocycles. The molecule has 1 aromatic carbocycles. The van der Waals surface area contributed by atoms with Crippen molar-refractivity contribution in [3.8, 4) is 0 Å². The van der Waals surface area contributed by atoms with E-state index in [0.717, 1.165) is 5.56 Å². The van der Waals surface area contributed by atoms with Crippen molar-refractivity contribution in [1.29, 1.82) is 0 Å². The van der Waals surface area contributed by atoms with E-state index in [1.807, 2.05) is 6.92 Å².